The monoisotopic (exact) mass is 385 g/mol. The molecule has 6 heteroatoms. The zero-order valence-corrected chi connectivity index (χ0v) is 17.2. The Balaban J connectivity index is 1.64. The maximum atomic E-state index is 12.5. The summed E-state index contributed by atoms with van der Waals surface area (Å²) in [4.78, 5) is 25.3. The van der Waals surface area contributed by atoms with Gasteiger partial charge in [-0.1, -0.05) is 43.0 Å². The van der Waals surface area contributed by atoms with Crippen LogP contribution in [0.5, 0.6) is 0 Å². The van der Waals surface area contributed by atoms with Gasteiger partial charge in [0.1, 0.15) is 16.2 Å². The van der Waals surface area contributed by atoms with Crippen molar-refractivity contribution in [2.45, 2.75) is 38.8 Å². The number of aryl methyl sites for hydroxylation is 3. The number of carbonyl (C=O) groups excluding carboxylic acids is 1. The van der Waals surface area contributed by atoms with Crippen molar-refractivity contribution < 1.29 is 4.79 Å². The van der Waals surface area contributed by atoms with E-state index < -0.39 is 0 Å². The molecule has 26 heavy (non-hydrogen) atoms. The quantitative estimate of drug-likeness (QED) is 0.459. The van der Waals surface area contributed by atoms with Crippen LogP contribution in [0.25, 0.3) is 10.2 Å². The minimum atomic E-state index is 0.103. The Morgan fingerprint density at radius 2 is 1.85 bits per heavy atom. The summed E-state index contributed by atoms with van der Waals surface area (Å²) < 4.78 is 0. The Hall–Kier alpha value is -1.92. The largest absolute Gasteiger partial charge is 0.341 e. The molecule has 0 aliphatic rings. The number of carbonyl (C=O) groups is 1. The summed E-state index contributed by atoms with van der Waals surface area (Å²) in [6, 6.07) is 8.45. The van der Waals surface area contributed by atoms with E-state index in [4.69, 9.17) is 0 Å². The fourth-order valence-electron chi connectivity index (χ4n) is 2.74. The lowest BCUT2D eigenvalue weighted by atomic mass is 10.1. The number of thiophene rings is 1. The van der Waals surface area contributed by atoms with Gasteiger partial charge in [-0.15, -0.1) is 11.3 Å². The Morgan fingerprint density at radius 1 is 1.15 bits per heavy atom. The molecule has 136 valence electrons. The third-order valence-corrected chi connectivity index (χ3v) is 6.63. The van der Waals surface area contributed by atoms with Crippen molar-refractivity contribution in [3.05, 3.63) is 52.2 Å². The van der Waals surface area contributed by atoms with Crippen molar-refractivity contribution in [2.75, 3.05) is 12.8 Å². The van der Waals surface area contributed by atoms with E-state index in [2.05, 4.69) is 55.0 Å². The maximum Gasteiger partial charge on any atom is 0.233 e. The minimum absolute atomic E-state index is 0.103. The van der Waals surface area contributed by atoms with E-state index in [0.717, 1.165) is 27.2 Å². The van der Waals surface area contributed by atoms with E-state index in [0.29, 0.717) is 12.3 Å². The van der Waals surface area contributed by atoms with Crippen LogP contribution in [0.4, 0.5) is 0 Å². The highest BCUT2D eigenvalue weighted by molar-refractivity contribution is 8.00. The SMILES string of the molecule is CCc1ccc(CN(C)C(=O)CSc2ncnc3sc(C)c(C)c23)cc1. The highest BCUT2D eigenvalue weighted by Crippen LogP contribution is 2.34. The van der Waals surface area contributed by atoms with Gasteiger partial charge in [-0.05, 0) is 37.0 Å². The van der Waals surface area contributed by atoms with Crippen LogP contribution in [-0.2, 0) is 17.8 Å². The van der Waals surface area contributed by atoms with Gasteiger partial charge in [-0.2, -0.15) is 0 Å². The Morgan fingerprint density at radius 3 is 2.54 bits per heavy atom. The van der Waals surface area contributed by atoms with Gasteiger partial charge in [0.2, 0.25) is 5.91 Å². The Bertz CT molecular complexity index is 919. The van der Waals surface area contributed by atoms with Gasteiger partial charge in [0, 0.05) is 23.9 Å². The molecule has 0 atom stereocenters. The van der Waals surface area contributed by atoms with Gasteiger partial charge in [0.05, 0.1) is 5.75 Å². The second kappa shape index (κ2) is 8.18. The number of rotatable bonds is 6. The molecule has 3 aromatic rings. The summed E-state index contributed by atoms with van der Waals surface area (Å²) in [7, 11) is 1.85. The molecule has 0 N–H and O–H groups in total. The van der Waals surface area contributed by atoms with E-state index >= 15 is 0 Å². The van der Waals surface area contributed by atoms with Crippen molar-refractivity contribution in [1.82, 2.24) is 14.9 Å². The lowest BCUT2D eigenvalue weighted by molar-refractivity contribution is -0.127. The molecule has 0 fully saturated rings. The first kappa shape index (κ1) is 18.9. The fraction of sp³-hybridized carbons (Fsp3) is 0.350. The van der Waals surface area contributed by atoms with E-state index in [1.807, 2.05) is 7.05 Å². The molecule has 2 aromatic heterocycles. The molecule has 0 radical (unpaired) electrons. The normalized spacial score (nSPS) is 11.1. The van der Waals surface area contributed by atoms with Gasteiger partial charge in [0.15, 0.2) is 0 Å². The molecule has 0 unspecified atom stereocenters. The average molecular weight is 386 g/mol. The second-order valence-electron chi connectivity index (χ2n) is 6.35. The molecule has 2 heterocycles. The Kier molecular flexibility index (Phi) is 5.94. The van der Waals surface area contributed by atoms with E-state index in [-0.39, 0.29) is 5.91 Å². The first-order chi connectivity index (χ1) is 12.5. The number of aromatic nitrogens is 2. The molecule has 4 nitrogen and oxygen atoms in total. The number of nitrogens with zero attached hydrogens (tertiary/aromatic N) is 3. The molecular formula is C20H23N3OS2. The zero-order valence-electron chi connectivity index (χ0n) is 15.6. The Labute approximate surface area is 162 Å². The molecule has 0 saturated heterocycles. The van der Waals surface area contributed by atoms with Gasteiger partial charge in [-0.3, -0.25) is 4.79 Å². The predicted molar refractivity (Wildman–Crippen MR) is 110 cm³/mol. The molecule has 0 aliphatic heterocycles. The first-order valence-corrected chi connectivity index (χ1v) is 10.4. The van der Waals surface area contributed by atoms with Crippen LogP contribution < -0.4 is 0 Å². The molecule has 3 rings (SSSR count). The lowest BCUT2D eigenvalue weighted by Crippen LogP contribution is -2.27. The summed E-state index contributed by atoms with van der Waals surface area (Å²) in [5.41, 5.74) is 3.68. The van der Waals surface area contributed by atoms with E-state index in [1.54, 1.807) is 22.6 Å². The summed E-state index contributed by atoms with van der Waals surface area (Å²) in [5, 5.41) is 1.98. The van der Waals surface area contributed by atoms with Crippen LogP contribution in [0.2, 0.25) is 0 Å². The van der Waals surface area contributed by atoms with Gasteiger partial charge >= 0.3 is 0 Å². The van der Waals surface area contributed by atoms with E-state index in [1.165, 1.54) is 27.8 Å². The van der Waals surface area contributed by atoms with Crippen LogP contribution in [-0.4, -0.2) is 33.6 Å². The number of benzene rings is 1. The van der Waals surface area contributed by atoms with Gasteiger partial charge in [-0.25, -0.2) is 9.97 Å². The predicted octanol–water partition coefficient (Wildman–Crippen LogP) is 4.62. The number of hydrogen-bond acceptors (Lipinski definition) is 5. The number of hydrogen-bond donors (Lipinski definition) is 0. The molecular weight excluding hydrogens is 362 g/mol. The summed E-state index contributed by atoms with van der Waals surface area (Å²) in [6.45, 7) is 6.95. The van der Waals surface area contributed by atoms with E-state index in [9.17, 15) is 4.79 Å². The number of thioether (sulfide) groups is 1. The van der Waals surface area contributed by atoms with Crippen molar-refractivity contribution in [3.63, 3.8) is 0 Å². The third kappa shape index (κ3) is 4.07. The molecule has 0 saturated carbocycles. The van der Waals surface area contributed by atoms with Gasteiger partial charge < -0.3 is 4.90 Å². The van der Waals surface area contributed by atoms with Crippen LogP contribution in [0.1, 0.15) is 28.5 Å². The van der Waals surface area contributed by atoms with Crippen molar-refractivity contribution in [3.8, 4) is 0 Å². The highest BCUT2D eigenvalue weighted by atomic mass is 32.2. The second-order valence-corrected chi connectivity index (χ2v) is 8.52. The summed E-state index contributed by atoms with van der Waals surface area (Å²) in [6.07, 6.45) is 2.62. The summed E-state index contributed by atoms with van der Waals surface area (Å²) >= 11 is 3.17. The van der Waals surface area contributed by atoms with Gasteiger partial charge in [0.25, 0.3) is 0 Å². The lowest BCUT2D eigenvalue weighted by Gasteiger charge is -2.17. The smallest absolute Gasteiger partial charge is 0.233 e. The third-order valence-electron chi connectivity index (χ3n) is 4.54. The van der Waals surface area contributed by atoms with Crippen LogP contribution in [0.15, 0.2) is 35.6 Å². The van der Waals surface area contributed by atoms with Crippen LogP contribution in [0.3, 0.4) is 0 Å². The molecule has 0 spiro atoms. The number of amides is 1. The first-order valence-electron chi connectivity index (χ1n) is 8.64. The topological polar surface area (TPSA) is 46.1 Å². The summed E-state index contributed by atoms with van der Waals surface area (Å²) in [5.74, 6) is 0.482. The molecule has 0 aliphatic carbocycles. The molecule has 1 aromatic carbocycles. The maximum absolute atomic E-state index is 12.5. The van der Waals surface area contributed by atoms with Crippen molar-refractivity contribution in [1.29, 1.82) is 0 Å². The standard InChI is InChI=1S/C20H23N3OS2/c1-5-15-6-8-16(9-7-15)10-23(4)17(24)11-25-19-18-13(2)14(3)26-20(18)22-12-21-19/h6-9,12H,5,10-11H2,1-4H3. The molecule has 0 bridgehead atoms. The zero-order chi connectivity index (χ0) is 18.7. The fourth-order valence-corrected chi connectivity index (χ4v) is 4.80. The van der Waals surface area contributed by atoms with Crippen molar-refractivity contribution >= 4 is 39.2 Å². The molecule has 1 amide bonds. The average Bonchev–Trinajstić information content (AvgIpc) is 2.95. The van der Waals surface area contributed by atoms with Crippen molar-refractivity contribution in [2.24, 2.45) is 0 Å². The van der Waals surface area contributed by atoms with Crippen LogP contribution in [0, 0.1) is 13.8 Å². The number of fused-ring (bicyclic) bond motifs is 1. The highest BCUT2D eigenvalue weighted by Gasteiger charge is 2.15. The minimum Gasteiger partial charge on any atom is -0.341 e. The van der Waals surface area contributed by atoms with Crippen LogP contribution >= 0.6 is 23.1 Å².